The summed E-state index contributed by atoms with van der Waals surface area (Å²) >= 11 is 0. The van der Waals surface area contributed by atoms with Crippen molar-refractivity contribution in [3.63, 3.8) is 0 Å². The fourth-order valence-electron chi connectivity index (χ4n) is 1.81. The number of hydrogen-bond acceptors (Lipinski definition) is 4. The lowest BCUT2D eigenvalue weighted by atomic mass is 10.1. The van der Waals surface area contributed by atoms with E-state index in [1.165, 1.54) is 0 Å². The first kappa shape index (κ1) is 13.9. The van der Waals surface area contributed by atoms with Crippen molar-refractivity contribution in [3.8, 4) is 0 Å². The van der Waals surface area contributed by atoms with E-state index in [1.807, 2.05) is 27.0 Å². The quantitative estimate of drug-likeness (QED) is 0.835. The van der Waals surface area contributed by atoms with Crippen LogP contribution in [0.25, 0.3) is 0 Å². The van der Waals surface area contributed by atoms with Crippen LogP contribution in [0.1, 0.15) is 16.8 Å². The van der Waals surface area contributed by atoms with Gasteiger partial charge in [-0.15, -0.1) is 0 Å². The van der Waals surface area contributed by atoms with Gasteiger partial charge >= 0.3 is 0 Å². The minimum absolute atomic E-state index is 0.0424. The lowest BCUT2D eigenvalue weighted by molar-refractivity contribution is 0.280. The first-order valence-corrected chi connectivity index (χ1v) is 5.89. The number of aromatic nitrogens is 1. The topological polar surface area (TPSA) is 39.6 Å². The summed E-state index contributed by atoms with van der Waals surface area (Å²) in [5.74, 6) is 0.895. The molecule has 4 heteroatoms. The monoisotopic (exact) mass is 237 g/mol. The number of rotatable bonds is 5. The van der Waals surface area contributed by atoms with Crippen molar-refractivity contribution in [2.45, 2.75) is 20.5 Å². The molecule has 0 aromatic carbocycles. The summed E-state index contributed by atoms with van der Waals surface area (Å²) in [7, 11) is 6.12. The van der Waals surface area contributed by atoms with Crippen LogP contribution in [0.3, 0.4) is 0 Å². The molecule has 1 aromatic heterocycles. The second-order valence-electron chi connectivity index (χ2n) is 4.77. The normalized spacial score (nSPS) is 11.0. The summed E-state index contributed by atoms with van der Waals surface area (Å²) in [5, 5.41) is 9.44. The molecule has 0 aliphatic rings. The van der Waals surface area contributed by atoms with Gasteiger partial charge < -0.3 is 14.9 Å². The number of nitrogens with zero attached hydrogens (tertiary/aromatic N) is 3. The molecule has 1 rings (SSSR count). The Kier molecular flexibility index (Phi) is 4.90. The molecule has 0 unspecified atom stereocenters. The molecule has 0 aliphatic heterocycles. The van der Waals surface area contributed by atoms with E-state index in [0.29, 0.717) is 0 Å². The van der Waals surface area contributed by atoms with E-state index in [-0.39, 0.29) is 6.61 Å². The van der Waals surface area contributed by atoms with Crippen LogP contribution in [0.2, 0.25) is 0 Å². The van der Waals surface area contributed by atoms with Crippen LogP contribution in [-0.4, -0.2) is 49.2 Å². The highest BCUT2D eigenvalue weighted by atomic mass is 16.3. The molecule has 0 spiro atoms. The average molecular weight is 237 g/mol. The van der Waals surface area contributed by atoms with Gasteiger partial charge in [-0.2, -0.15) is 0 Å². The molecule has 1 heterocycles. The third-order valence-electron chi connectivity index (χ3n) is 2.86. The smallest absolute Gasteiger partial charge is 0.134 e. The largest absolute Gasteiger partial charge is 0.392 e. The first-order chi connectivity index (χ1) is 7.95. The molecule has 0 radical (unpaired) electrons. The summed E-state index contributed by atoms with van der Waals surface area (Å²) < 4.78 is 0. The Morgan fingerprint density at radius 1 is 1.18 bits per heavy atom. The van der Waals surface area contributed by atoms with Gasteiger partial charge in [0.2, 0.25) is 0 Å². The zero-order valence-corrected chi connectivity index (χ0v) is 11.5. The van der Waals surface area contributed by atoms with Gasteiger partial charge in [-0.05, 0) is 39.6 Å². The number of anilines is 1. The van der Waals surface area contributed by atoms with E-state index in [2.05, 4.69) is 28.9 Å². The number of aliphatic hydroxyl groups is 1. The van der Waals surface area contributed by atoms with Gasteiger partial charge in [0.15, 0.2) is 0 Å². The molecule has 96 valence electrons. The number of pyridine rings is 1. The Bertz CT molecular complexity index is 377. The van der Waals surface area contributed by atoms with Crippen LogP contribution in [0.4, 0.5) is 5.82 Å². The lowest BCUT2D eigenvalue weighted by Crippen LogP contribution is -2.30. The van der Waals surface area contributed by atoms with E-state index in [1.54, 1.807) is 0 Å². The molecule has 0 fully saturated rings. The standard InChI is InChI=1S/C13H23N3O/c1-10-8-11(2)14-13(12(10)9-17)16(5)7-6-15(3)4/h8,17H,6-7,9H2,1-5H3. The van der Waals surface area contributed by atoms with E-state index >= 15 is 0 Å². The molecule has 4 nitrogen and oxygen atoms in total. The summed E-state index contributed by atoms with van der Waals surface area (Å²) in [6.07, 6.45) is 0. The number of hydrogen-bond donors (Lipinski definition) is 1. The van der Waals surface area contributed by atoms with Crippen molar-refractivity contribution in [1.29, 1.82) is 0 Å². The SMILES string of the molecule is Cc1cc(C)c(CO)c(N(C)CCN(C)C)n1. The van der Waals surface area contributed by atoms with Crippen LogP contribution < -0.4 is 4.90 Å². The van der Waals surface area contributed by atoms with Gasteiger partial charge in [0.1, 0.15) is 5.82 Å². The maximum absolute atomic E-state index is 9.44. The Labute approximate surface area is 104 Å². The Balaban J connectivity index is 2.95. The van der Waals surface area contributed by atoms with Crippen molar-refractivity contribution in [3.05, 3.63) is 22.9 Å². The van der Waals surface area contributed by atoms with Crippen LogP contribution in [0, 0.1) is 13.8 Å². The zero-order chi connectivity index (χ0) is 13.0. The van der Waals surface area contributed by atoms with Crippen molar-refractivity contribution in [1.82, 2.24) is 9.88 Å². The molecule has 0 atom stereocenters. The minimum Gasteiger partial charge on any atom is -0.392 e. The predicted molar refractivity (Wildman–Crippen MR) is 71.5 cm³/mol. The van der Waals surface area contributed by atoms with E-state index in [9.17, 15) is 5.11 Å². The highest BCUT2D eigenvalue weighted by Crippen LogP contribution is 2.21. The first-order valence-electron chi connectivity index (χ1n) is 5.89. The average Bonchev–Trinajstić information content (AvgIpc) is 2.24. The number of aliphatic hydroxyl groups excluding tert-OH is 1. The minimum atomic E-state index is 0.0424. The van der Waals surface area contributed by atoms with Gasteiger partial charge in [0, 0.05) is 31.4 Å². The van der Waals surface area contributed by atoms with Crippen LogP contribution in [0.5, 0.6) is 0 Å². The molecule has 0 bridgehead atoms. The zero-order valence-electron chi connectivity index (χ0n) is 11.5. The molecule has 0 aliphatic carbocycles. The molecular formula is C13H23N3O. The van der Waals surface area contributed by atoms with Crippen molar-refractivity contribution >= 4 is 5.82 Å². The number of likely N-dealkylation sites (N-methyl/N-ethyl adjacent to an activating group) is 2. The Hall–Kier alpha value is -1.13. The fourth-order valence-corrected chi connectivity index (χ4v) is 1.81. The third kappa shape index (κ3) is 3.68. The molecule has 1 N–H and O–H groups in total. The van der Waals surface area contributed by atoms with Crippen LogP contribution in [0.15, 0.2) is 6.07 Å². The second-order valence-corrected chi connectivity index (χ2v) is 4.77. The van der Waals surface area contributed by atoms with E-state index < -0.39 is 0 Å². The van der Waals surface area contributed by atoms with Crippen LogP contribution >= 0.6 is 0 Å². The fraction of sp³-hybridized carbons (Fsp3) is 0.615. The van der Waals surface area contributed by atoms with Crippen LogP contribution in [-0.2, 0) is 6.61 Å². The van der Waals surface area contributed by atoms with Crippen molar-refractivity contribution in [2.75, 3.05) is 39.1 Å². The summed E-state index contributed by atoms with van der Waals surface area (Å²) in [6, 6.07) is 2.01. The maximum atomic E-state index is 9.44. The van der Waals surface area contributed by atoms with E-state index in [4.69, 9.17) is 0 Å². The van der Waals surface area contributed by atoms with Gasteiger partial charge in [0.25, 0.3) is 0 Å². The van der Waals surface area contributed by atoms with Crippen molar-refractivity contribution in [2.24, 2.45) is 0 Å². The molecule has 0 saturated heterocycles. The molecule has 0 saturated carbocycles. The van der Waals surface area contributed by atoms with Gasteiger partial charge in [0.05, 0.1) is 6.61 Å². The lowest BCUT2D eigenvalue weighted by Gasteiger charge is -2.24. The summed E-state index contributed by atoms with van der Waals surface area (Å²) in [6.45, 7) is 5.91. The van der Waals surface area contributed by atoms with Gasteiger partial charge in [-0.3, -0.25) is 0 Å². The van der Waals surface area contributed by atoms with Gasteiger partial charge in [-0.1, -0.05) is 0 Å². The number of aryl methyl sites for hydroxylation is 2. The third-order valence-corrected chi connectivity index (χ3v) is 2.86. The molecule has 0 amide bonds. The van der Waals surface area contributed by atoms with Crippen molar-refractivity contribution < 1.29 is 5.11 Å². The Morgan fingerprint density at radius 3 is 2.35 bits per heavy atom. The Morgan fingerprint density at radius 2 is 1.82 bits per heavy atom. The molecule has 17 heavy (non-hydrogen) atoms. The molecule has 1 aromatic rings. The highest BCUT2D eigenvalue weighted by Gasteiger charge is 2.12. The second kappa shape index (κ2) is 5.98. The maximum Gasteiger partial charge on any atom is 0.134 e. The highest BCUT2D eigenvalue weighted by molar-refractivity contribution is 5.50. The summed E-state index contributed by atoms with van der Waals surface area (Å²) in [5.41, 5.74) is 3.02. The van der Waals surface area contributed by atoms with E-state index in [0.717, 1.165) is 35.7 Å². The van der Waals surface area contributed by atoms with Gasteiger partial charge in [-0.25, -0.2) is 4.98 Å². The predicted octanol–water partition coefficient (Wildman–Crippen LogP) is 1.19. The molecular weight excluding hydrogens is 214 g/mol. The summed E-state index contributed by atoms with van der Waals surface area (Å²) in [4.78, 5) is 8.77.